The van der Waals surface area contributed by atoms with E-state index in [0.717, 1.165) is 0 Å². The van der Waals surface area contributed by atoms with E-state index in [4.69, 9.17) is 4.74 Å². The van der Waals surface area contributed by atoms with Gasteiger partial charge in [0.1, 0.15) is 17.2 Å². The number of aromatic hydroxyl groups is 1. The highest BCUT2D eigenvalue weighted by Gasteiger charge is 2.33. The first-order valence-electron chi connectivity index (χ1n) is 9.47. The maximum Gasteiger partial charge on any atom is 0.308 e. The molecule has 2 N–H and O–H groups in total. The van der Waals surface area contributed by atoms with E-state index < -0.39 is 23.6 Å². The standard InChI is InChI=1S/C22H18FN3O5/c1-31-19-4-2-3-18(27)20(19)17-11-16(21(28)25-10-9-13(12-25)22(29)30)24-26(17)15-7-5-14(23)6-8-15/h2-5,7,11,13,27H,9-10,12H2,1H3,(H,29,30)/t13-/m0/s1. The number of likely N-dealkylation sites (tertiary alicyclic amines) is 1. The summed E-state index contributed by atoms with van der Waals surface area (Å²) in [7, 11) is 1.44. The molecule has 1 amide bonds. The Hall–Kier alpha value is -4.06. The Morgan fingerprint density at radius 3 is 2.74 bits per heavy atom. The zero-order valence-electron chi connectivity index (χ0n) is 16.5. The van der Waals surface area contributed by atoms with E-state index in [1.165, 1.54) is 41.0 Å². The van der Waals surface area contributed by atoms with Crippen molar-refractivity contribution >= 4 is 17.6 Å². The number of phenolic OH excluding ortho intramolecular Hbond substituents is 1. The third-order valence-electron chi connectivity index (χ3n) is 5.16. The average molecular weight is 423 g/mol. The van der Waals surface area contributed by atoms with Crippen LogP contribution in [-0.4, -0.2) is 57.0 Å². The van der Waals surface area contributed by atoms with Crippen LogP contribution < -0.4 is 4.74 Å². The summed E-state index contributed by atoms with van der Waals surface area (Å²) in [6.07, 6.45) is 2.96. The molecule has 1 saturated heterocycles. The summed E-state index contributed by atoms with van der Waals surface area (Å²) in [6.45, 7) is 0.390. The lowest BCUT2D eigenvalue weighted by Gasteiger charge is -2.13. The number of aromatic nitrogens is 2. The summed E-state index contributed by atoms with van der Waals surface area (Å²) >= 11 is 0. The molecule has 0 radical (unpaired) electrons. The summed E-state index contributed by atoms with van der Waals surface area (Å²) < 4.78 is 20.1. The Morgan fingerprint density at radius 1 is 1.29 bits per heavy atom. The monoisotopic (exact) mass is 423 g/mol. The average Bonchev–Trinajstić information content (AvgIpc) is 3.41. The lowest BCUT2D eigenvalue weighted by Crippen LogP contribution is -2.30. The van der Waals surface area contributed by atoms with Gasteiger partial charge in [-0.05, 0) is 48.2 Å². The lowest BCUT2D eigenvalue weighted by atomic mass is 10.1. The normalized spacial score (nSPS) is 17.5. The number of benzene rings is 1. The molecule has 1 aromatic heterocycles. The summed E-state index contributed by atoms with van der Waals surface area (Å²) in [5.41, 5.74) is 5.92. The maximum atomic E-state index is 13.4. The number of phenols is 1. The number of carbonyl (C=O) groups excluding carboxylic acids is 1. The third-order valence-corrected chi connectivity index (χ3v) is 5.16. The number of methoxy groups -OCH3 is 1. The van der Waals surface area contributed by atoms with Crippen LogP contribution in [0.25, 0.3) is 17.0 Å². The van der Waals surface area contributed by atoms with Crippen LogP contribution in [0.3, 0.4) is 0 Å². The highest BCUT2D eigenvalue weighted by Crippen LogP contribution is 2.39. The predicted octanol–water partition coefficient (Wildman–Crippen LogP) is 2.83. The van der Waals surface area contributed by atoms with Crippen molar-refractivity contribution in [2.24, 2.45) is 5.92 Å². The molecule has 1 atom stereocenters. The minimum absolute atomic E-state index is 0.0454. The first-order valence-corrected chi connectivity index (χ1v) is 9.47. The highest BCUT2D eigenvalue weighted by molar-refractivity contribution is 5.95. The van der Waals surface area contributed by atoms with E-state index in [2.05, 4.69) is 16.6 Å². The van der Waals surface area contributed by atoms with Gasteiger partial charge in [-0.25, -0.2) is 4.68 Å². The van der Waals surface area contributed by atoms with Gasteiger partial charge in [0.15, 0.2) is 11.5 Å². The number of aliphatic carboxylic acids is 1. The summed E-state index contributed by atoms with van der Waals surface area (Å²) in [5, 5.41) is 24.0. The largest absolute Gasteiger partial charge is 0.507 e. The van der Waals surface area contributed by atoms with Crippen LogP contribution >= 0.6 is 0 Å². The predicted molar refractivity (Wildman–Crippen MR) is 108 cm³/mol. The molecule has 2 aliphatic rings. The third kappa shape index (κ3) is 3.75. The second kappa shape index (κ2) is 7.99. The number of rotatable bonds is 5. The first kappa shape index (κ1) is 20.2. The van der Waals surface area contributed by atoms with Gasteiger partial charge in [0, 0.05) is 13.1 Å². The van der Waals surface area contributed by atoms with Crippen LogP contribution in [0.15, 0.2) is 53.7 Å². The number of carboxylic acids is 1. The Balaban J connectivity index is 1.83. The summed E-state index contributed by atoms with van der Waals surface area (Å²) in [6, 6.07) is 6.20. The van der Waals surface area contributed by atoms with Crippen LogP contribution in [0, 0.1) is 5.92 Å². The van der Waals surface area contributed by atoms with Crippen molar-refractivity contribution in [3.63, 3.8) is 0 Å². The zero-order chi connectivity index (χ0) is 22.1. The number of ether oxygens (including phenoxy) is 1. The molecule has 1 aliphatic carbocycles. The maximum absolute atomic E-state index is 13.4. The van der Waals surface area contributed by atoms with Crippen molar-refractivity contribution in [3.05, 3.63) is 59.4 Å². The van der Waals surface area contributed by atoms with Crippen LogP contribution in [0.1, 0.15) is 16.9 Å². The summed E-state index contributed by atoms with van der Waals surface area (Å²) in [5.74, 6) is -2.37. The summed E-state index contributed by atoms with van der Waals surface area (Å²) in [4.78, 5) is 25.7. The molecule has 2 heterocycles. The van der Waals surface area contributed by atoms with Crippen molar-refractivity contribution in [2.75, 3.05) is 20.2 Å². The fourth-order valence-corrected chi connectivity index (χ4v) is 3.59. The van der Waals surface area contributed by atoms with E-state index >= 15 is 0 Å². The van der Waals surface area contributed by atoms with Gasteiger partial charge in [-0.3, -0.25) is 9.59 Å². The van der Waals surface area contributed by atoms with Crippen LogP contribution in [0.2, 0.25) is 0 Å². The van der Waals surface area contributed by atoms with Crippen molar-refractivity contribution in [1.82, 2.24) is 14.7 Å². The number of amides is 1. The number of carboxylic acid groups (broad SMARTS) is 1. The van der Waals surface area contributed by atoms with Gasteiger partial charge in [-0.1, -0.05) is 6.07 Å². The fourth-order valence-electron chi connectivity index (χ4n) is 3.59. The van der Waals surface area contributed by atoms with Gasteiger partial charge in [0.05, 0.1) is 24.3 Å². The second-order valence-electron chi connectivity index (χ2n) is 7.07. The number of nitrogens with zero attached hydrogens (tertiary/aromatic N) is 3. The number of allylic oxidation sites excluding steroid dienone is 4. The van der Waals surface area contributed by atoms with E-state index in [9.17, 15) is 24.2 Å². The minimum atomic E-state index is -0.947. The van der Waals surface area contributed by atoms with Crippen LogP contribution in [0.4, 0.5) is 4.39 Å². The Kier molecular flexibility index (Phi) is 5.21. The van der Waals surface area contributed by atoms with Crippen molar-refractivity contribution < 1.29 is 28.9 Å². The number of halogens is 1. The minimum Gasteiger partial charge on any atom is -0.507 e. The van der Waals surface area contributed by atoms with Crippen molar-refractivity contribution in [2.45, 2.75) is 6.42 Å². The second-order valence-corrected chi connectivity index (χ2v) is 7.07. The molecule has 1 aromatic carbocycles. The van der Waals surface area contributed by atoms with Crippen LogP contribution in [0.5, 0.6) is 11.5 Å². The number of carbonyl (C=O) groups is 2. The van der Waals surface area contributed by atoms with E-state index in [-0.39, 0.29) is 18.0 Å². The molecular formula is C22H18FN3O5. The molecule has 2 aromatic rings. The molecular weight excluding hydrogens is 405 g/mol. The molecule has 158 valence electrons. The molecule has 0 unspecified atom stereocenters. The fraction of sp³-hybridized carbons (Fsp3) is 0.227. The Labute approximate surface area is 176 Å². The van der Waals surface area contributed by atoms with Gasteiger partial charge in [0.25, 0.3) is 5.91 Å². The molecule has 1 aliphatic heterocycles. The van der Waals surface area contributed by atoms with Gasteiger partial charge < -0.3 is 19.8 Å². The van der Waals surface area contributed by atoms with Gasteiger partial charge in [-0.2, -0.15) is 9.49 Å². The molecule has 9 heteroatoms. The number of hydrogen-bond acceptors (Lipinski definition) is 5. The Bertz CT molecular complexity index is 1220. The van der Waals surface area contributed by atoms with Gasteiger partial charge in [-0.15, -0.1) is 0 Å². The number of hydrogen-bond donors (Lipinski definition) is 2. The Morgan fingerprint density at radius 2 is 2.10 bits per heavy atom. The zero-order valence-corrected chi connectivity index (χ0v) is 16.5. The first-order chi connectivity index (χ1) is 14.9. The molecule has 4 rings (SSSR count). The van der Waals surface area contributed by atoms with Gasteiger partial charge in [0.2, 0.25) is 0 Å². The van der Waals surface area contributed by atoms with Crippen LogP contribution in [-0.2, 0) is 4.79 Å². The van der Waals surface area contributed by atoms with Crippen molar-refractivity contribution in [1.29, 1.82) is 0 Å². The topological polar surface area (TPSA) is 105 Å². The molecule has 0 saturated carbocycles. The SMILES string of the molecule is COc1cccc(O)c1-c1cc(C(=O)N2CC[C@H](C(=O)O)C2)nn1C1=C=C=C(F)C=C1. The van der Waals surface area contributed by atoms with Gasteiger partial charge >= 0.3 is 5.97 Å². The van der Waals surface area contributed by atoms with Crippen molar-refractivity contribution in [3.8, 4) is 22.8 Å². The van der Waals surface area contributed by atoms with E-state index in [1.807, 2.05) is 0 Å². The smallest absolute Gasteiger partial charge is 0.308 e. The lowest BCUT2D eigenvalue weighted by molar-refractivity contribution is -0.141. The van der Waals surface area contributed by atoms with E-state index in [0.29, 0.717) is 35.7 Å². The molecule has 0 bridgehead atoms. The molecule has 31 heavy (non-hydrogen) atoms. The highest BCUT2D eigenvalue weighted by atomic mass is 19.1. The molecule has 0 spiro atoms. The quantitative estimate of drug-likeness (QED) is 0.717. The molecule has 1 fully saturated rings. The molecule has 8 nitrogen and oxygen atoms in total. The van der Waals surface area contributed by atoms with E-state index in [1.54, 1.807) is 12.1 Å².